The van der Waals surface area contributed by atoms with Crippen molar-refractivity contribution in [3.8, 4) is 0 Å². The van der Waals surface area contributed by atoms with Gasteiger partial charge in [0.15, 0.2) is 0 Å². The van der Waals surface area contributed by atoms with Crippen molar-refractivity contribution in [2.75, 3.05) is 44.7 Å². The maximum atomic E-state index is 12.5. The normalized spacial score (nSPS) is 15.9. The molecular formula is C18H28N6O. The summed E-state index contributed by atoms with van der Waals surface area (Å²) in [5, 5.41) is 1.05. The molecule has 1 saturated heterocycles. The number of hydrogen-bond donors (Lipinski definition) is 1. The Bertz CT molecular complexity index is 702. The van der Waals surface area contributed by atoms with E-state index in [4.69, 9.17) is 0 Å². The molecule has 0 unspecified atom stereocenters. The van der Waals surface area contributed by atoms with Gasteiger partial charge < -0.3 is 14.8 Å². The highest BCUT2D eigenvalue weighted by molar-refractivity contribution is 5.87. The molecule has 2 aromatic rings. The lowest BCUT2D eigenvalue weighted by Crippen LogP contribution is -2.48. The van der Waals surface area contributed by atoms with Gasteiger partial charge in [0, 0.05) is 32.4 Å². The Kier molecular flexibility index (Phi) is 5.53. The second-order valence-corrected chi connectivity index (χ2v) is 6.62. The Morgan fingerprint density at radius 2 is 2.00 bits per heavy atom. The molecule has 2 aromatic heterocycles. The van der Waals surface area contributed by atoms with Gasteiger partial charge in [-0.2, -0.15) is 0 Å². The fraction of sp³-hybridized carbons (Fsp3) is 0.611. The quantitative estimate of drug-likeness (QED) is 0.864. The molecule has 1 fully saturated rings. The van der Waals surface area contributed by atoms with E-state index >= 15 is 0 Å². The fourth-order valence-corrected chi connectivity index (χ4v) is 3.55. The summed E-state index contributed by atoms with van der Waals surface area (Å²) in [6.45, 7) is 8.20. The van der Waals surface area contributed by atoms with Crippen LogP contribution < -0.4 is 4.90 Å². The van der Waals surface area contributed by atoms with E-state index in [0.717, 1.165) is 55.9 Å². The van der Waals surface area contributed by atoms with Crippen molar-refractivity contribution in [2.24, 2.45) is 0 Å². The topological polar surface area (TPSA) is 68.4 Å². The lowest BCUT2D eigenvalue weighted by Gasteiger charge is -2.38. The van der Waals surface area contributed by atoms with Gasteiger partial charge in [-0.1, -0.05) is 13.8 Å². The number of likely N-dealkylation sites (tertiary alicyclic amines) is 1. The summed E-state index contributed by atoms with van der Waals surface area (Å²) in [5.41, 5.74) is 0.865. The van der Waals surface area contributed by atoms with Crippen molar-refractivity contribution in [3.63, 3.8) is 0 Å². The summed E-state index contributed by atoms with van der Waals surface area (Å²) < 4.78 is 0. The lowest BCUT2D eigenvalue weighted by atomic mass is 10.0. The van der Waals surface area contributed by atoms with Crippen LogP contribution in [0.4, 0.5) is 5.82 Å². The van der Waals surface area contributed by atoms with Crippen LogP contribution in [0.15, 0.2) is 18.6 Å². The highest BCUT2D eigenvalue weighted by Crippen LogP contribution is 2.26. The highest BCUT2D eigenvalue weighted by Gasteiger charge is 2.27. The molecule has 136 valence electrons. The molecule has 7 heteroatoms. The predicted molar refractivity (Wildman–Crippen MR) is 99.7 cm³/mol. The first kappa shape index (κ1) is 17.7. The van der Waals surface area contributed by atoms with Crippen molar-refractivity contribution >= 4 is 22.8 Å². The Morgan fingerprint density at radius 3 is 2.68 bits per heavy atom. The molecule has 1 aliphatic heterocycles. The number of fused-ring (bicyclic) bond motifs is 1. The monoisotopic (exact) mass is 344 g/mol. The molecule has 1 amide bonds. The first-order valence-corrected chi connectivity index (χ1v) is 9.15. The molecule has 0 atom stereocenters. The zero-order valence-electron chi connectivity index (χ0n) is 15.4. The standard InChI is InChI=1S/C18H28N6O/c1-4-23(5-2)12-16(25)24-10-7-14(8-11-24)22(3)18-15-6-9-19-17(15)20-13-21-18/h6,9,13-14H,4-5,7-8,10-12H2,1-3H3,(H,19,20,21). The molecule has 0 aliphatic carbocycles. The molecule has 7 nitrogen and oxygen atoms in total. The van der Waals surface area contributed by atoms with Crippen LogP contribution in [-0.2, 0) is 4.79 Å². The van der Waals surface area contributed by atoms with Gasteiger partial charge in [0.05, 0.1) is 11.9 Å². The van der Waals surface area contributed by atoms with Gasteiger partial charge in [0.1, 0.15) is 17.8 Å². The molecule has 3 rings (SSSR count). The summed E-state index contributed by atoms with van der Waals surface area (Å²) >= 11 is 0. The number of H-pyrrole nitrogens is 1. The van der Waals surface area contributed by atoms with Crippen molar-refractivity contribution in [3.05, 3.63) is 18.6 Å². The molecule has 0 aromatic carbocycles. The van der Waals surface area contributed by atoms with Gasteiger partial charge in [-0.3, -0.25) is 9.69 Å². The number of rotatable bonds is 6. The molecule has 0 saturated carbocycles. The van der Waals surface area contributed by atoms with Crippen LogP contribution in [0, 0.1) is 0 Å². The highest BCUT2D eigenvalue weighted by atomic mass is 16.2. The minimum absolute atomic E-state index is 0.250. The second kappa shape index (κ2) is 7.82. The van der Waals surface area contributed by atoms with Gasteiger partial charge in [-0.05, 0) is 32.0 Å². The van der Waals surface area contributed by atoms with Gasteiger partial charge >= 0.3 is 0 Å². The molecule has 0 spiro atoms. The first-order chi connectivity index (χ1) is 12.1. The van der Waals surface area contributed by atoms with Crippen LogP contribution in [-0.4, -0.2) is 76.5 Å². The maximum absolute atomic E-state index is 12.5. The minimum atomic E-state index is 0.250. The number of nitrogens with zero attached hydrogens (tertiary/aromatic N) is 5. The number of carbonyl (C=O) groups is 1. The molecule has 1 N–H and O–H groups in total. The summed E-state index contributed by atoms with van der Waals surface area (Å²) in [4.78, 5) is 30.7. The van der Waals surface area contributed by atoms with Crippen molar-refractivity contribution in [1.29, 1.82) is 0 Å². The van der Waals surface area contributed by atoms with Gasteiger partial charge in [-0.25, -0.2) is 9.97 Å². The molecule has 0 radical (unpaired) electrons. The zero-order valence-corrected chi connectivity index (χ0v) is 15.4. The van der Waals surface area contributed by atoms with Gasteiger partial charge in [0.2, 0.25) is 5.91 Å². The van der Waals surface area contributed by atoms with Crippen LogP contribution in [0.5, 0.6) is 0 Å². The Hall–Kier alpha value is -2.15. The Balaban J connectivity index is 1.60. The summed E-state index contributed by atoms with van der Waals surface area (Å²) in [6, 6.07) is 2.41. The predicted octanol–water partition coefficient (Wildman–Crippen LogP) is 1.73. The smallest absolute Gasteiger partial charge is 0.236 e. The number of aromatic amines is 1. The fourth-order valence-electron chi connectivity index (χ4n) is 3.55. The number of likely N-dealkylation sites (N-methyl/N-ethyl adjacent to an activating group) is 1. The molecule has 25 heavy (non-hydrogen) atoms. The van der Waals surface area contributed by atoms with E-state index in [1.807, 2.05) is 17.2 Å². The molecular weight excluding hydrogens is 316 g/mol. The van der Waals surface area contributed by atoms with Gasteiger partial charge in [-0.15, -0.1) is 0 Å². The van der Waals surface area contributed by atoms with Crippen LogP contribution >= 0.6 is 0 Å². The minimum Gasteiger partial charge on any atom is -0.356 e. The SMILES string of the molecule is CCN(CC)CC(=O)N1CCC(N(C)c2ncnc3[nH]ccc23)CC1. The van der Waals surface area contributed by atoms with E-state index in [2.05, 4.69) is 45.6 Å². The van der Waals surface area contributed by atoms with Crippen LogP contribution in [0.1, 0.15) is 26.7 Å². The van der Waals surface area contributed by atoms with Crippen LogP contribution in [0.3, 0.4) is 0 Å². The van der Waals surface area contributed by atoms with Crippen LogP contribution in [0.2, 0.25) is 0 Å². The Morgan fingerprint density at radius 1 is 1.28 bits per heavy atom. The molecule has 1 aliphatic rings. The van der Waals surface area contributed by atoms with Crippen molar-refractivity contribution < 1.29 is 4.79 Å². The number of piperidine rings is 1. The second-order valence-electron chi connectivity index (χ2n) is 6.62. The number of aromatic nitrogens is 3. The summed E-state index contributed by atoms with van der Waals surface area (Å²) in [6.07, 6.45) is 5.44. The largest absolute Gasteiger partial charge is 0.356 e. The molecule has 0 bridgehead atoms. The number of amides is 1. The summed E-state index contributed by atoms with van der Waals surface area (Å²) in [5.74, 6) is 1.21. The van der Waals surface area contributed by atoms with Gasteiger partial charge in [0.25, 0.3) is 0 Å². The molecule has 3 heterocycles. The average Bonchev–Trinajstić information content (AvgIpc) is 3.14. The van der Waals surface area contributed by atoms with Crippen LogP contribution in [0.25, 0.3) is 11.0 Å². The van der Waals surface area contributed by atoms with E-state index < -0.39 is 0 Å². The van der Waals surface area contributed by atoms with E-state index in [1.54, 1.807) is 6.33 Å². The van der Waals surface area contributed by atoms with E-state index in [-0.39, 0.29) is 5.91 Å². The number of anilines is 1. The number of hydrogen-bond acceptors (Lipinski definition) is 5. The third-order valence-corrected chi connectivity index (χ3v) is 5.29. The third-order valence-electron chi connectivity index (χ3n) is 5.29. The number of carbonyl (C=O) groups excluding carboxylic acids is 1. The van der Waals surface area contributed by atoms with E-state index in [9.17, 15) is 4.79 Å². The lowest BCUT2D eigenvalue weighted by molar-refractivity contribution is -0.133. The number of nitrogens with one attached hydrogen (secondary N) is 1. The average molecular weight is 344 g/mol. The maximum Gasteiger partial charge on any atom is 0.236 e. The van der Waals surface area contributed by atoms with E-state index in [0.29, 0.717) is 12.6 Å². The third kappa shape index (κ3) is 3.76. The Labute approximate surface area is 149 Å². The van der Waals surface area contributed by atoms with E-state index in [1.165, 1.54) is 0 Å². The van der Waals surface area contributed by atoms with Crippen molar-refractivity contribution in [1.82, 2.24) is 24.8 Å². The first-order valence-electron chi connectivity index (χ1n) is 9.15. The van der Waals surface area contributed by atoms with Crippen molar-refractivity contribution in [2.45, 2.75) is 32.7 Å². The summed E-state index contributed by atoms with van der Waals surface area (Å²) in [7, 11) is 2.09. The zero-order chi connectivity index (χ0) is 17.8.